The lowest BCUT2D eigenvalue weighted by Gasteiger charge is -2.24. The standard InChI is InChI=1S/C20H24N2O3/c1-21(14-20(24)25)19(23)11-12-22(17-9-10-17)13-16-7-4-6-15-5-2-3-8-18(15)16/h2-8,17H,9-14H2,1H3,(H,24,25). The second-order valence-electron chi connectivity index (χ2n) is 6.73. The number of carboxylic acids is 1. The molecule has 1 amide bonds. The molecule has 1 aliphatic rings. The van der Waals surface area contributed by atoms with Crippen molar-refractivity contribution in [1.29, 1.82) is 0 Å². The van der Waals surface area contributed by atoms with E-state index in [1.807, 2.05) is 6.07 Å². The largest absolute Gasteiger partial charge is 0.480 e. The van der Waals surface area contributed by atoms with Crippen LogP contribution in [-0.4, -0.2) is 53.0 Å². The van der Waals surface area contributed by atoms with Gasteiger partial charge in [-0.15, -0.1) is 0 Å². The molecule has 0 atom stereocenters. The average Bonchev–Trinajstić information content (AvgIpc) is 3.42. The number of hydrogen-bond donors (Lipinski definition) is 1. The van der Waals surface area contributed by atoms with Gasteiger partial charge in [0.2, 0.25) is 5.91 Å². The minimum absolute atomic E-state index is 0.119. The number of likely N-dealkylation sites (N-methyl/N-ethyl adjacent to an activating group) is 1. The second kappa shape index (κ2) is 7.66. The maximum atomic E-state index is 12.1. The summed E-state index contributed by atoms with van der Waals surface area (Å²) in [6.45, 7) is 1.24. The van der Waals surface area contributed by atoms with Crippen LogP contribution in [0.1, 0.15) is 24.8 Å². The Labute approximate surface area is 147 Å². The summed E-state index contributed by atoms with van der Waals surface area (Å²) in [7, 11) is 1.54. The first-order valence-corrected chi connectivity index (χ1v) is 8.71. The highest BCUT2D eigenvalue weighted by Crippen LogP contribution is 2.30. The van der Waals surface area contributed by atoms with Crippen LogP contribution in [0.25, 0.3) is 10.8 Å². The number of benzene rings is 2. The minimum atomic E-state index is -0.981. The molecule has 0 saturated heterocycles. The Morgan fingerprint density at radius 2 is 1.84 bits per heavy atom. The van der Waals surface area contributed by atoms with Gasteiger partial charge in [0.15, 0.2) is 0 Å². The first-order valence-electron chi connectivity index (χ1n) is 8.71. The Hall–Kier alpha value is -2.40. The molecule has 0 aromatic heterocycles. The van der Waals surface area contributed by atoms with Gasteiger partial charge < -0.3 is 10.0 Å². The van der Waals surface area contributed by atoms with Crippen molar-refractivity contribution >= 4 is 22.6 Å². The van der Waals surface area contributed by atoms with Gasteiger partial charge in [0, 0.05) is 32.6 Å². The van der Waals surface area contributed by atoms with Gasteiger partial charge in [-0.2, -0.15) is 0 Å². The zero-order valence-electron chi connectivity index (χ0n) is 14.5. The number of hydrogen-bond acceptors (Lipinski definition) is 3. The Bertz CT molecular complexity index is 765. The zero-order chi connectivity index (χ0) is 17.8. The summed E-state index contributed by atoms with van der Waals surface area (Å²) in [6.07, 6.45) is 2.69. The van der Waals surface area contributed by atoms with Crippen LogP contribution in [0, 0.1) is 0 Å². The van der Waals surface area contributed by atoms with Crippen molar-refractivity contribution in [2.45, 2.75) is 31.8 Å². The SMILES string of the molecule is CN(CC(=O)O)C(=O)CCN(Cc1cccc2ccccc12)C1CC1. The Morgan fingerprint density at radius 3 is 2.56 bits per heavy atom. The normalized spacial score (nSPS) is 14.0. The number of nitrogens with zero attached hydrogens (tertiary/aromatic N) is 2. The molecular formula is C20H24N2O3. The molecule has 1 N–H and O–H groups in total. The summed E-state index contributed by atoms with van der Waals surface area (Å²) in [4.78, 5) is 26.5. The molecule has 5 heteroatoms. The third-order valence-electron chi connectivity index (χ3n) is 4.73. The zero-order valence-corrected chi connectivity index (χ0v) is 14.5. The van der Waals surface area contributed by atoms with Crippen LogP contribution >= 0.6 is 0 Å². The lowest BCUT2D eigenvalue weighted by Crippen LogP contribution is -2.35. The van der Waals surface area contributed by atoms with Gasteiger partial charge in [0.05, 0.1) is 0 Å². The minimum Gasteiger partial charge on any atom is -0.480 e. The quantitative estimate of drug-likeness (QED) is 0.803. The summed E-state index contributed by atoms with van der Waals surface area (Å²) in [6, 6.07) is 15.2. The van der Waals surface area contributed by atoms with Crippen LogP contribution < -0.4 is 0 Å². The smallest absolute Gasteiger partial charge is 0.323 e. The Balaban J connectivity index is 1.66. The number of amides is 1. The first kappa shape index (κ1) is 17.4. The summed E-state index contributed by atoms with van der Waals surface area (Å²) >= 11 is 0. The van der Waals surface area contributed by atoms with Crippen LogP contribution in [0.4, 0.5) is 0 Å². The van der Waals surface area contributed by atoms with E-state index < -0.39 is 5.97 Å². The van der Waals surface area contributed by atoms with Crippen molar-refractivity contribution in [3.05, 3.63) is 48.0 Å². The van der Waals surface area contributed by atoms with Crippen LogP contribution in [0.2, 0.25) is 0 Å². The number of carbonyl (C=O) groups excluding carboxylic acids is 1. The molecule has 0 unspecified atom stereocenters. The maximum absolute atomic E-state index is 12.1. The molecule has 1 saturated carbocycles. The fourth-order valence-electron chi connectivity index (χ4n) is 3.20. The van der Waals surface area contributed by atoms with Crippen LogP contribution in [0.3, 0.4) is 0 Å². The molecule has 2 aromatic rings. The average molecular weight is 340 g/mol. The van der Waals surface area contributed by atoms with Crippen molar-refractivity contribution in [2.75, 3.05) is 20.1 Å². The van der Waals surface area contributed by atoms with Crippen molar-refractivity contribution in [1.82, 2.24) is 9.80 Å². The van der Waals surface area contributed by atoms with E-state index in [2.05, 4.69) is 41.3 Å². The molecule has 0 radical (unpaired) electrons. The molecule has 0 heterocycles. The first-order chi connectivity index (χ1) is 12.0. The van der Waals surface area contributed by atoms with Gasteiger partial charge in [-0.3, -0.25) is 14.5 Å². The molecular weight excluding hydrogens is 316 g/mol. The molecule has 2 aromatic carbocycles. The Morgan fingerprint density at radius 1 is 1.12 bits per heavy atom. The number of fused-ring (bicyclic) bond motifs is 1. The number of aliphatic carboxylic acids is 1. The highest BCUT2D eigenvalue weighted by Gasteiger charge is 2.29. The van der Waals surface area contributed by atoms with Gasteiger partial charge in [0.25, 0.3) is 0 Å². The topological polar surface area (TPSA) is 60.9 Å². The van der Waals surface area contributed by atoms with Crippen LogP contribution in [0.15, 0.2) is 42.5 Å². The molecule has 1 fully saturated rings. The van der Waals surface area contributed by atoms with Crippen molar-refractivity contribution in [3.8, 4) is 0 Å². The molecule has 3 rings (SSSR count). The van der Waals surface area contributed by atoms with Crippen molar-refractivity contribution in [2.24, 2.45) is 0 Å². The number of carboxylic acid groups (broad SMARTS) is 1. The van der Waals surface area contributed by atoms with Crippen LogP contribution in [0.5, 0.6) is 0 Å². The summed E-state index contributed by atoms with van der Waals surface area (Å²) in [5, 5.41) is 11.3. The summed E-state index contributed by atoms with van der Waals surface area (Å²) in [5.41, 5.74) is 1.27. The molecule has 5 nitrogen and oxygen atoms in total. The van der Waals surface area contributed by atoms with Crippen LogP contribution in [-0.2, 0) is 16.1 Å². The molecule has 1 aliphatic carbocycles. The predicted octanol–water partition coefficient (Wildman–Crippen LogP) is 2.74. The molecule has 0 spiro atoms. The van der Waals surface area contributed by atoms with Gasteiger partial charge in [-0.25, -0.2) is 0 Å². The predicted molar refractivity (Wildman–Crippen MR) is 97.3 cm³/mol. The van der Waals surface area contributed by atoms with Gasteiger partial charge in [0.1, 0.15) is 6.54 Å². The van der Waals surface area contributed by atoms with E-state index in [0.717, 1.165) is 6.54 Å². The van der Waals surface area contributed by atoms with Crippen molar-refractivity contribution < 1.29 is 14.7 Å². The van der Waals surface area contributed by atoms with E-state index in [-0.39, 0.29) is 12.5 Å². The highest BCUT2D eigenvalue weighted by molar-refractivity contribution is 5.85. The second-order valence-corrected chi connectivity index (χ2v) is 6.73. The summed E-state index contributed by atoms with van der Waals surface area (Å²) < 4.78 is 0. The lowest BCUT2D eigenvalue weighted by atomic mass is 10.0. The van der Waals surface area contributed by atoms with E-state index in [1.165, 1.54) is 34.1 Å². The highest BCUT2D eigenvalue weighted by atomic mass is 16.4. The maximum Gasteiger partial charge on any atom is 0.323 e. The monoisotopic (exact) mass is 340 g/mol. The lowest BCUT2D eigenvalue weighted by molar-refractivity contribution is -0.143. The molecule has 25 heavy (non-hydrogen) atoms. The molecule has 0 bridgehead atoms. The number of carbonyl (C=O) groups is 2. The van der Waals surface area contributed by atoms with E-state index in [4.69, 9.17) is 5.11 Å². The molecule has 0 aliphatic heterocycles. The van der Waals surface area contributed by atoms with E-state index in [1.54, 1.807) is 7.05 Å². The number of rotatable bonds is 8. The van der Waals surface area contributed by atoms with Gasteiger partial charge in [-0.05, 0) is 29.2 Å². The molecule has 132 valence electrons. The Kier molecular flexibility index (Phi) is 5.34. The fourth-order valence-corrected chi connectivity index (χ4v) is 3.20. The summed E-state index contributed by atoms with van der Waals surface area (Å²) in [5.74, 6) is -1.10. The third-order valence-corrected chi connectivity index (χ3v) is 4.73. The van der Waals surface area contributed by atoms with E-state index in [0.29, 0.717) is 19.0 Å². The van der Waals surface area contributed by atoms with Crippen molar-refractivity contribution in [3.63, 3.8) is 0 Å². The van der Waals surface area contributed by atoms with Gasteiger partial charge >= 0.3 is 5.97 Å². The third kappa shape index (κ3) is 4.57. The van der Waals surface area contributed by atoms with Gasteiger partial charge in [-0.1, -0.05) is 42.5 Å². The van der Waals surface area contributed by atoms with E-state index >= 15 is 0 Å². The fraction of sp³-hybridized carbons (Fsp3) is 0.400. The van der Waals surface area contributed by atoms with E-state index in [9.17, 15) is 9.59 Å².